The van der Waals surface area contributed by atoms with Crippen LogP contribution in [0.3, 0.4) is 0 Å². The Morgan fingerprint density at radius 3 is 2.46 bits per heavy atom. The second-order valence-corrected chi connectivity index (χ2v) is 9.67. The first-order valence-corrected chi connectivity index (χ1v) is 11.7. The van der Waals surface area contributed by atoms with Crippen LogP contribution in [0.15, 0.2) is 34.2 Å². The molecule has 28 heavy (non-hydrogen) atoms. The Balaban J connectivity index is 1.46. The van der Waals surface area contributed by atoms with E-state index >= 15 is 0 Å². The van der Waals surface area contributed by atoms with Gasteiger partial charge in [0.25, 0.3) is 5.56 Å². The van der Waals surface area contributed by atoms with Crippen LogP contribution in [0.5, 0.6) is 0 Å². The van der Waals surface area contributed by atoms with Crippen LogP contribution in [0.4, 0.5) is 5.69 Å². The van der Waals surface area contributed by atoms with Crippen molar-refractivity contribution < 1.29 is 8.42 Å². The zero-order chi connectivity index (χ0) is 19.7. The molecule has 1 N–H and O–H groups in total. The fourth-order valence-electron chi connectivity index (χ4n) is 3.99. The van der Waals surface area contributed by atoms with E-state index in [0.29, 0.717) is 24.2 Å². The summed E-state index contributed by atoms with van der Waals surface area (Å²) in [7, 11) is -3.52. The number of aromatic nitrogens is 2. The fraction of sp³-hybridized carbons (Fsp3) is 0.500. The largest absolute Gasteiger partial charge is 0.372 e. The van der Waals surface area contributed by atoms with E-state index < -0.39 is 9.84 Å². The van der Waals surface area contributed by atoms with Crippen LogP contribution in [0.1, 0.15) is 36.1 Å². The van der Waals surface area contributed by atoms with Crippen LogP contribution in [0.2, 0.25) is 0 Å². The van der Waals surface area contributed by atoms with E-state index in [1.165, 1.54) is 30.5 Å². The normalized spacial score (nSPS) is 18.1. The van der Waals surface area contributed by atoms with Gasteiger partial charge in [0, 0.05) is 51.1 Å². The van der Waals surface area contributed by atoms with E-state index in [9.17, 15) is 13.2 Å². The number of H-pyrrole nitrogens is 1. The average molecular weight is 403 g/mol. The van der Waals surface area contributed by atoms with E-state index in [4.69, 9.17) is 0 Å². The van der Waals surface area contributed by atoms with Crippen molar-refractivity contribution >= 4 is 15.5 Å². The molecule has 0 radical (unpaired) electrons. The minimum Gasteiger partial charge on any atom is -0.372 e. The zero-order valence-corrected chi connectivity index (χ0v) is 17.0. The Hall–Kier alpha value is -2.19. The molecule has 0 atom stereocenters. The van der Waals surface area contributed by atoms with Crippen LogP contribution in [0, 0.1) is 0 Å². The van der Waals surface area contributed by atoms with Gasteiger partial charge < -0.3 is 4.90 Å². The highest BCUT2D eigenvalue weighted by molar-refractivity contribution is 7.90. The monoisotopic (exact) mass is 402 g/mol. The predicted octanol–water partition coefficient (Wildman–Crippen LogP) is 1.72. The smallest absolute Gasteiger partial charge is 0.256 e. The quantitative estimate of drug-likeness (QED) is 0.784. The van der Waals surface area contributed by atoms with Crippen molar-refractivity contribution in [2.45, 2.75) is 43.9 Å². The van der Waals surface area contributed by atoms with Gasteiger partial charge in [0.2, 0.25) is 15.0 Å². The summed E-state index contributed by atoms with van der Waals surface area (Å²) in [5.74, 6) is 0. The van der Waals surface area contributed by atoms with Gasteiger partial charge in [-0.3, -0.25) is 14.7 Å². The highest BCUT2D eigenvalue weighted by atomic mass is 32.2. The van der Waals surface area contributed by atoms with Crippen molar-refractivity contribution in [3.63, 3.8) is 0 Å². The van der Waals surface area contributed by atoms with Gasteiger partial charge in [0.15, 0.2) is 0 Å². The van der Waals surface area contributed by atoms with Crippen LogP contribution in [0.25, 0.3) is 0 Å². The third kappa shape index (κ3) is 4.12. The standard InChI is InChI=1S/C20H26N4O3S/c1-28(26,27)20-21-18-9-12-23(14-17(18)19(25)22-20)13-15-5-7-16(8-6-15)24-10-3-2-4-11-24/h5-8H,2-4,9-14H2,1H3,(H,21,22,25). The lowest BCUT2D eigenvalue weighted by Crippen LogP contribution is -2.36. The number of piperidine rings is 1. The molecule has 0 saturated carbocycles. The predicted molar refractivity (Wildman–Crippen MR) is 108 cm³/mol. The third-order valence-corrected chi connectivity index (χ3v) is 6.44. The fourth-order valence-corrected chi connectivity index (χ4v) is 4.55. The summed E-state index contributed by atoms with van der Waals surface area (Å²) >= 11 is 0. The highest BCUT2D eigenvalue weighted by Gasteiger charge is 2.23. The molecule has 0 aliphatic carbocycles. The number of nitrogens with zero attached hydrogens (tertiary/aromatic N) is 3. The van der Waals surface area contributed by atoms with Crippen molar-refractivity contribution in [1.29, 1.82) is 0 Å². The first-order chi connectivity index (χ1) is 13.4. The number of nitrogens with one attached hydrogen (secondary N) is 1. The third-order valence-electron chi connectivity index (χ3n) is 5.54. The average Bonchev–Trinajstić information content (AvgIpc) is 2.69. The van der Waals surface area contributed by atoms with Crippen LogP contribution < -0.4 is 10.5 Å². The number of benzene rings is 1. The number of hydrogen-bond acceptors (Lipinski definition) is 6. The summed E-state index contributed by atoms with van der Waals surface area (Å²) in [6.45, 7) is 4.25. The molecule has 0 spiro atoms. The Kier molecular flexibility index (Phi) is 5.25. The molecular formula is C20H26N4O3S. The number of hydrogen-bond donors (Lipinski definition) is 1. The van der Waals surface area contributed by atoms with Crippen LogP contribution >= 0.6 is 0 Å². The molecule has 1 saturated heterocycles. The number of fused-ring (bicyclic) bond motifs is 1. The summed E-state index contributed by atoms with van der Waals surface area (Å²) in [5, 5.41) is -0.238. The molecule has 0 bridgehead atoms. The Bertz CT molecular complexity index is 1010. The number of anilines is 1. The molecule has 0 amide bonds. The number of aromatic amines is 1. The lowest BCUT2D eigenvalue weighted by Gasteiger charge is -2.30. The second-order valence-electron chi connectivity index (χ2n) is 7.74. The van der Waals surface area contributed by atoms with Crippen LogP contribution in [-0.2, 0) is 29.3 Å². The molecule has 8 heteroatoms. The Morgan fingerprint density at radius 2 is 1.79 bits per heavy atom. The maximum Gasteiger partial charge on any atom is 0.256 e. The molecule has 1 aromatic carbocycles. The first-order valence-electron chi connectivity index (χ1n) is 9.78. The molecule has 1 fully saturated rings. The molecule has 2 aliphatic rings. The Labute approximate surface area is 165 Å². The minimum atomic E-state index is -3.52. The second kappa shape index (κ2) is 7.67. The van der Waals surface area contributed by atoms with Crippen molar-refractivity contribution in [1.82, 2.24) is 14.9 Å². The minimum absolute atomic E-state index is 0.238. The van der Waals surface area contributed by atoms with E-state index in [2.05, 4.69) is 44.0 Å². The van der Waals surface area contributed by atoms with Crippen molar-refractivity contribution in [2.75, 3.05) is 30.8 Å². The first kappa shape index (κ1) is 19.1. The molecule has 2 aromatic rings. The van der Waals surface area contributed by atoms with Crippen LogP contribution in [-0.4, -0.2) is 49.2 Å². The summed E-state index contributed by atoms with van der Waals surface area (Å²) in [5.41, 5.74) is 3.31. The van der Waals surface area contributed by atoms with E-state index in [1.54, 1.807) is 0 Å². The van der Waals surface area contributed by atoms with Crippen molar-refractivity contribution in [3.05, 3.63) is 51.4 Å². The number of sulfone groups is 1. The summed E-state index contributed by atoms with van der Waals surface area (Å²) < 4.78 is 23.3. The van der Waals surface area contributed by atoms with Gasteiger partial charge in [-0.1, -0.05) is 12.1 Å². The molecule has 7 nitrogen and oxygen atoms in total. The topological polar surface area (TPSA) is 86.4 Å². The maximum atomic E-state index is 12.4. The maximum absolute atomic E-state index is 12.4. The Morgan fingerprint density at radius 1 is 1.07 bits per heavy atom. The number of rotatable bonds is 4. The summed E-state index contributed by atoms with van der Waals surface area (Å²) in [6.07, 6.45) is 5.48. The van der Waals surface area contributed by atoms with Crippen molar-refractivity contribution in [3.8, 4) is 0 Å². The van der Waals surface area contributed by atoms with Gasteiger partial charge in [-0.25, -0.2) is 13.4 Å². The van der Waals surface area contributed by atoms with E-state index in [-0.39, 0.29) is 10.7 Å². The lowest BCUT2D eigenvalue weighted by atomic mass is 10.1. The van der Waals surface area contributed by atoms with Gasteiger partial charge in [-0.2, -0.15) is 0 Å². The molecule has 1 aromatic heterocycles. The molecule has 4 rings (SSSR count). The van der Waals surface area contributed by atoms with Gasteiger partial charge in [-0.15, -0.1) is 0 Å². The molecule has 2 aliphatic heterocycles. The van der Waals surface area contributed by atoms with Gasteiger partial charge >= 0.3 is 0 Å². The zero-order valence-electron chi connectivity index (χ0n) is 16.1. The van der Waals surface area contributed by atoms with Gasteiger partial charge in [-0.05, 0) is 37.0 Å². The molecule has 150 valence electrons. The van der Waals surface area contributed by atoms with E-state index in [1.807, 2.05) is 0 Å². The summed E-state index contributed by atoms with van der Waals surface area (Å²) in [6, 6.07) is 8.69. The van der Waals surface area contributed by atoms with Gasteiger partial charge in [0.1, 0.15) is 0 Å². The van der Waals surface area contributed by atoms with E-state index in [0.717, 1.165) is 32.4 Å². The molecule has 3 heterocycles. The lowest BCUT2D eigenvalue weighted by molar-refractivity contribution is 0.241. The molecule has 0 unspecified atom stereocenters. The SMILES string of the molecule is CS(=O)(=O)c1nc2c(c(=O)[nH]1)CN(Cc1ccc(N3CCCCC3)cc1)CC2. The highest BCUT2D eigenvalue weighted by Crippen LogP contribution is 2.22. The van der Waals surface area contributed by atoms with Crippen molar-refractivity contribution in [2.24, 2.45) is 0 Å². The molecular weight excluding hydrogens is 376 g/mol. The summed E-state index contributed by atoms with van der Waals surface area (Å²) in [4.78, 5) is 23.6. The van der Waals surface area contributed by atoms with Gasteiger partial charge in [0.05, 0.1) is 11.3 Å².